The van der Waals surface area contributed by atoms with Gasteiger partial charge in [-0.15, -0.1) is 0 Å². The summed E-state index contributed by atoms with van der Waals surface area (Å²) >= 11 is 0. The van der Waals surface area contributed by atoms with E-state index in [2.05, 4.69) is 6.92 Å². The van der Waals surface area contributed by atoms with E-state index in [0.717, 1.165) is 35.8 Å². The zero-order chi connectivity index (χ0) is 27.9. The van der Waals surface area contributed by atoms with Crippen molar-refractivity contribution >= 4 is 11.8 Å². The molecule has 39 heavy (non-hydrogen) atoms. The minimum absolute atomic E-state index is 0.0989. The molecule has 0 radical (unpaired) electrons. The SMILES string of the molecule is CCCCCCC(=O)Oc1ccc2c(c1)OC(C)(C)C1=CCn3c(=O)n(-c4ccc(C(C)=O)cc4)c(=O)n3C12. The van der Waals surface area contributed by atoms with Gasteiger partial charge in [0.1, 0.15) is 23.1 Å². The second-order valence-corrected chi connectivity index (χ2v) is 10.6. The molecule has 9 heteroatoms. The number of aromatic nitrogens is 3. The third-order valence-corrected chi connectivity index (χ3v) is 7.42. The molecule has 1 aromatic heterocycles. The topological polar surface area (TPSA) is 102 Å². The largest absolute Gasteiger partial charge is 0.483 e. The summed E-state index contributed by atoms with van der Waals surface area (Å²) in [6.07, 6.45) is 6.23. The van der Waals surface area contributed by atoms with Crippen LogP contribution >= 0.6 is 0 Å². The fourth-order valence-corrected chi connectivity index (χ4v) is 5.38. The third kappa shape index (κ3) is 4.77. The number of esters is 1. The molecule has 9 nitrogen and oxygen atoms in total. The summed E-state index contributed by atoms with van der Waals surface area (Å²) in [6.45, 7) is 7.63. The van der Waals surface area contributed by atoms with Crippen molar-refractivity contribution in [3.8, 4) is 17.2 Å². The van der Waals surface area contributed by atoms with Crippen LogP contribution < -0.4 is 20.9 Å². The van der Waals surface area contributed by atoms with Crippen molar-refractivity contribution in [2.75, 3.05) is 0 Å². The van der Waals surface area contributed by atoms with Crippen LogP contribution in [0.4, 0.5) is 0 Å². The second kappa shape index (κ2) is 10.2. The normalized spacial score (nSPS) is 16.8. The first-order valence-electron chi connectivity index (χ1n) is 13.4. The van der Waals surface area contributed by atoms with E-state index in [1.807, 2.05) is 19.9 Å². The van der Waals surface area contributed by atoms with Crippen molar-refractivity contribution in [3.63, 3.8) is 0 Å². The van der Waals surface area contributed by atoms with Gasteiger partial charge in [0.15, 0.2) is 5.78 Å². The maximum Gasteiger partial charge on any atom is 0.352 e. The number of nitrogens with zero attached hydrogens (tertiary/aromatic N) is 3. The van der Waals surface area contributed by atoms with Crippen LogP contribution in [-0.4, -0.2) is 31.3 Å². The highest BCUT2D eigenvalue weighted by molar-refractivity contribution is 5.94. The molecule has 0 fully saturated rings. The second-order valence-electron chi connectivity index (χ2n) is 10.6. The van der Waals surface area contributed by atoms with E-state index in [9.17, 15) is 19.2 Å². The van der Waals surface area contributed by atoms with Gasteiger partial charge in [-0.05, 0) is 69.2 Å². The number of unbranched alkanes of at least 4 members (excludes halogenated alkanes) is 3. The predicted octanol–water partition coefficient (Wildman–Crippen LogP) is 4.58. The molecule has 0 spiro atoms. The maximum absolute atomic E-state index is 13.8. The number of hydrogen-bond acceptors (Lipinski definition) is 6. The fourth-order valence-electron chi connectivity index (χ4n) is 5.38. The van der Waals surface area contributed by atoms with Crippen molar-refractivity contribution in [3.05, 3.63) is 86.2 Å². The molecule has 2 aliphatic heterocycles. The number of ketones is 1. The average Bonchev–Trinajstić information content (AvgIpc) is 3.15. The van der Waals surface area contributed by atoms with Gasteiger partial charge in [0.05, 0.1) is 12.2 Å². The van der Waals surface area contributed by atoms with E-state index in [0.29, 0.717) is 34.7 Å². The predicted molar refractivity (Wildman–Crippen MR) is 146 cm³/mol. The standard InChI is InChI=1S/C30H33N3O6/c1-5-6-7-8-9-26(35)38-22-14-15-23-25(18-22)39-30(3,4)24-16-17-31-28(36)32(29(37)33(31)27(23)24)21-12-10-20(11-13-21)19(2)34/h10-16,18,27H,5-9,17H2,1-4H3. The van der Waals surface area contributed by atoms with E-state index in [1.54, 1.807) is 42.5 Å². The molecule has 1 atom stereocenters. The quantitative estimate of drug-likeness (QED) is 0.139. The fraction of sp³-hybridized carbons (Fsp3) is 0.400. The molecule has 1 unspecified atom stereocenters. The summed E-state index contributed by atoms with van der Waals surface area (Å²) < 4.78 is 15.9. The number of hydrogen-bond donors (Lipinski definition) is 0. The van der Waals surface area contributed by atoms with Crippen molar-refractivity contribution in [2.45, 2.75) is 78.0 Å². The Hall–Kier alpha value is -4.14. The molecule has 0 saturated carbocycles. The van der Waals surface area contributed by atoms with E-state index in [4.69, 9.17) is 9.47 Å². The van der Waals surface area contributed by atoms with Crippen LogP contribution in [0.3, 0.4) is 0 Å². The summed E-state index contributed by atoms with van der Waals surface area (Å²) in [5, 5.41) is 0. The van der Waals surface area contributed by atoms with Gasteiger partial charge in [-0.2, -0.15) is 0 Å². The first-order valence-corrected chi connectivity index (χ1v) is 13.4. The molecule has 3 aromatic rings. The van der Waals surface area contributed by atoms with E-state index in [-0.39, 0.29) is 18.3 Å². The molecule has 3 heterocycles. The molecular weight excluding hydrogens is 498 g/mol. The van der Waals surface area contributed by atoms with Crippen LogP contribution in [0.15, 0.2) is 63.7 Å². The zero-order valence-electron chi connectivity index (χ0n) is 22.7. The molecule has 0 saturated heterocycles. The Morgan fingerprint density at radius 1 is 1.03 bits per heavy atom. The van der Waals surface area contributed by atoms with Crippen LogP contribution in [0.5, 0.6) is 11.5 Å². The number of allylic oxidation sites excluding steroid dienone is 1. The van der Waals surface area contributed by atoms with Gasteiger partial charge >= 0.3 is 17.3 Å². The summed E-state index contributed by atoms with van der Waals surface area (Å²) in [4.78, 5) is 51.3. The first-order chi connectivity index (χ1) is 18.6. The van der Waals surface area contributed by atoms with E-state index < -0.39 is 23.0 Å². The highest BCUT2D eigenvalue weighted by Crippen LogP contribution is 2.47. The summed E-state index contributed by atoms with van der Waals surface area (Å²) in [5.74, 6) is 0.474. The Labute approximate surface area is 226 Å². The van der Waals surface area contributed by atoms with Gasteiger partial charge in [0.2, 0.25) is 0 Å². The lowest BCUT2D eigenvalue weighted by Crippen LogP contribution is -2.46. The molecule has 204 valence electrons. The van der Waals surface area contributed by atoms with Crippen LogP contribution in [0.1, 0.15) is 81.8 Å². The average molecular weight is 532 g/mol. The molecule has 2 aromatic carbocycles. The van der Waals surface area contributed by atoms with Crippen molar-refractivity contribution in [1.82, 2.24) is 13.9 Å². The highest BCUT2D eigenvalue weighted by atomic mass is 16.5. The zero-order valence-corrected chi connectivity index (χ0v) is 22.7. The van der Waals surface area contributed by atoms with E-state index in [1.165, 1.54) is 16.3 Å². The Morgan fingerprint density at radius 2 is 1.77 bits per heavy atom. The Kier molecular flexibility index (Phi) is 6.92. The number of fused-ring (bicyclic) bond motifs is 5. The maximum atomic E-state index is 13.8. The lowest BCUT2D eigenvalue weighted by molar-refractivity contribution is -0.134. The first kappa shape index (κ1) is 26.5. The lowest BCUT2D eigenvalue weighted by Gasteiger charge is -2.42. The smallest absolute Gasteiger partial charge is 0.352 e. The number of Topliss-reactive ketones (excluding diaryl/α,β-unsaturated/α-hetero) is 1. The number of rotatable bonds is 8. The van der Waals surface area contributed by atoms with Gasteiger partial charge < -0.3 is 9.47 Å². The van der Waals surface area contributed by atoms with Gasteiger partial charge in [0.25, 0.3) is 0 Å². The molecule has 0 amide bonds. The molecular formula is C30H33N3O6. The number of ether oxygens (including phenoxy) is 2. The Morgan fingerprint density at radius 3 is 2.46 bits per heavy atom. The Balaban J connectivity index is 1.52. The Bertz CT molecular complexity index is 1590. The van der Waals surface area contributed by atoms with E-state index >= 15 is 0 Å². The summed E-state index contributed by atoms with van der Waals surface area (Å²) in [5.41, 5.74) is 0.718. The van der Waals surface area contributed by atoms with Gasteiger partial charge in [-0.25, -0.2) is 23.5 Å². The number of benzene rings is 2. The van der Waals surface area contributed by atoms with Crippen LogP contribution in [0, 0.1) is 0 Å². The minimum Gasteiger partial charge on any atom is -0.483 e. The molecule has 5 rings (SSSR count). The van der Waals surface area contributed by atoms with Crippen LogP contribution in [0.25, 0.3) is 5.69 Å². The van der Waals surface area contributed by atoms with Crippen molar-refractivity contribution < 1.29 is 19.1 Å². The molecule has 0 aliphatic carbocycles. The summed E-state index contributed by atoms with van der Waals surface area (Å²) in [6, 6.07) is 11.0. The number of carbonyl (C=O) groups excluding carboxylic acids is 2. The van der Waals surface area contributed by atoms with Crippen molar-refractivity contribution in [1.29, 1.82) is 0 Å². The van der Waals surface area contributed by atoms with Crippen LogP contribution in [0.2, 0.25) is 0 Å². The third-order valence-electron chi connectivity index (χ3n) is 7.42. The minimum atomic E-state index is -0.771. The summed E-state index contributed by atoms with van der Waals surface area (Å²) in [7, 11) is 0. The van der Waals surface area contributed by atoms with Gasteiger partial charge in [-0.1, -0.05) is 32.3 Å². The highest BCUT2D eigenvalue weighted by Gasteiger charge is 2.44. The van der Waals surface area contributed by atoms with Gasteiger partial charge in [0, 0.05) is 23.6 Å². The number of carbonyl (C=O) groups is 2. The molecule has 2 aliphatic rings. The monoisotopic (exact) mass is 531 g/mol. The molecule has 0 N–H and O–H groups in total. The molecule has 0 bridgehead atoms. The van der Waals surface area contributed by atoms with Gasteiger partial charge in [-0.3, -0.25) is 9.59 Å². The lowest BCUT2D eigenvalue weighted by atomic mass is 9.83. The van der Waals surface area contributed by atoms with Crippen molar-refractivity contribution in [2.24, 2.45) is 0 Å². The van der Waals surface area contributed by atoms with Crippen LogP contribution in [-0.2, 0) is 11.3 Å².